The van der Waals surface area contributed by atoms with Crippen LogP contribution in [0.1, 0.15) is 34.3 Å². The molecule has 26 heavy (non-hydrogen) atoms. The van der Waals surface area contributed by atoms with Gasteiger partial charge in [0.1, 0.15) is 0 Å². The number of nitrogens with zero attached hydrogens (tertiary/aromatic N) is 2. The molecular weight excluding hydrogens is 322 g/mol. The van der Waals surface area contributed by atoms with Crippen LogP contribution in [-0.4, -0.2) is 36.5 Å². The molecule has 3 aliphatic rings. The Bertz CT molecular complexity index is 875. The summed E-state index contributed by atoms with van der Waals surface area (Å²) in [5.74, 6) is 0.629. The van der Waals surface area contributed by atoms with Gasteiger partial charge in [-0.05, 0) is 79.7 Å². The highest BCUT2D eigenvalue weighted by molar-refractivity contribution is 5.95. The van der Waals surface area contributed by atoms with E-state index in [-0.39, 0.29) is 11.9 Å². The predicted octanol–water partition coefficient (Wildman–Crippen LogP) is 3.36. The van der Waals surface area contributed by atoms with Crippen molar-refractivity contribution >= 4 is 5.91 Å². The van der Waals surface area contributed by atoms with Crippen molar-refractivity contribution in [3.63, 3.8) is 0 Å². The van der Waals surface area contributed by atoms with Crippen molar-refractivity contribution in [3.8, 4) is 17.2 Å². The second kappa shape index (κ2) is 6.93. The van der Waals surface area contributed by atoms with Gasteiger partial charge in [0.15, 0.2) is 0 Å². The van der Waals surface area contributed by atoms with E-state index in [0.29, 0.717) is 17.0 Å². The monoisotopic (exact) mass is 345 g/mol. The zero-order valence-electron chi connectivity index (χ0n) is 15.0. The highest BCUT2D eigenvalue weighted by Crippen LogP contribution is 2.28. The van der Waals surface area contributed by atoms with Crippen LogP contribution in [0.2, 0.25) is 0 Å². The smallest absolute Gasteiger partial charge is 0.251 e. The molecule has 3 fully saturated rings. The molecule has 0 spiro atoms. The third kappa shape index (κ3) is 3.23. The summed E-state index contributed by atoms with van der Waals surface area (Å²) in [6, 6.07) is 15.9. The second-order valence-corrected chi connectivity index (χ2v) is 7.44. The fraction of sp³-hybridized carbons (Fsp3) is 0.364. The molecule has 4 heteroatoms. The number of piperidine rings is 3. The Labute approximate surface area is 154 Å². The summed E-state index contributed by atoms with van der Waals surface area (Å²) >= 11 is 0. The zero-order chi connectivity index (χ0) is 18.1. The minimum Gasteiger partial charge on any atom is -0.348 e. The number of benzene rings is 2. The summed E-state index contributed by atoms with van der Waals surface area (Å²) < 4.78 is 0. The average Bonchev–Trinajstić information content (AvgIpc) is 2.69. The Hall–Kier alpha value is -2.64. The lowest BCUT2D eigenvalue weighted by atomic mass is 9.84. The Morgan fingerprint density at radius 2 is 2.00 bits per heavy atom. The number of fused-ring (bicyclic) bond motifs is 3. The highest BCUT2D eigenvalue weighted by atomic mass is 16.1. The summed E-state index contributed by atoms with van der Waals surface area (Å²) in [5, 5.41) is 12.3. The summed E-state index contributed by atoms with van der Waals surface area (Å²) in [6.45, 7) is 5.32. The molecule has 0 unspecified atom stereocenters. The van der Waals surface area contributed by atoms with E-state index in [1.54, 1.807) is 0 Å². The van der Waals surface area contributed by atoms with E-state index < -0.39 is 0 Å². The van der Waals surface area contributed by atoms with Crippen molar-refractivity contribution in [1.82, 2.24) is 10.2 Å². The van der Waals surface area contributed by atoms with Gasteiger partial charge in [-0.2, -0.15) is 5.26 Å². The fourth-order valence-electron chi connectivity index (χ4n) is 4.27. The Morgan fingerprint density at radius 3 is 2.65 bits per heavy atom. The number of carbonyl (C=O) groups excluding carboxylic acids is 1. The van der Waals surface area contributed by atoms with Crippen LogP contribution in [0, 0.1) is 24.2 Å². The molecule has 2 aromatic carbocycles. The van der Waals surface area contributed by atoms with Gasteiger partial charge in [-0.15, -0.1) is 0 Å². The Balaban J connectivity index is 1.54. The topological polar surface area (TPSA) is 56.1 Å². The van der Waals surface area contributed by atoms with Crippen molar-refractivity contribution < 1.29 is 4.79 Å². The highest BCUT2D eigenvalue weighted by Gasteiger charge is 2.34. The van der Waals surface area contributed by atoms with Gasteiger partial charge in [0.25, 0.3) is 5.91 Å². The number of nitrogens with one attached hydrogen (secondary N) is 1. The molecule has 0 radical (unpaired) electrons. The first-order valence-electron chi connectivity index (χ1n) is 9.28. The van der Waals surface area contributed by atoms with E-state index in [0.717, 1.165) is 23.2 Å². The number of carbonyl (C=O) groups is 1. The van der Waals surface area contributed by atoms with Crippen molar-refractivity contribution in [3.05, 3.63) is 59.2 Å². The van der Waals surface area contributed by atoms with Crippen molar-refractivity contribution in [1.29, 1.82) is 5.26 Å². The summed E-state index contributed by atoms with van der Waals surface area (Å²) in [7, 11) is 0. The third-order valence-electron chi connectivity index (χ3n) is 5.76. The van der Waals surface area contributed by atoms with Crippen molar-refractivity contribution in [2.45, 2.75) is 25.8 Å². The van der Waals surface area contributed by atoms with Crippen LogP contribution in [0.4, 0.5) is 0 Å². The van der Waals surface area contributed by atoms with Gasteiger partial charge >= 0.3 is 0 Å². The maximum Gasteiger partial charge on any atom is 0.251 e. The molecule has 132 valence electrons. The number of nitriles is 1. The first kappa shape index (κ1) is 16.8. The van der Waals surface area contributed by atoms with Gasteiger partial charge in [-0.25, -0.2) is 0 Å². The van der Waals surface area contributed by atoms with Gasteiger partial charge in [-0.3, -0.25) is 4.79 Å². The van der Waals surface area contributed by atoms with Crippen LogP contribution in [0.3, 0.4) is 0 Å². The van der Waals surface area contributed by atoms with Gasteiger partial charge in [0.2, 0.25) is 0 Å². The fourth-order valence-corrected chi connectivity index (χ4v) is 4.27. The van der Waals surface area contributed by atoms with Crippen LogP contribution in [-0.2, 0) is 0 Å². The molecule has 3 saturated heterocycles. The predicted molar refractivity (Wildman–Crippen MR) is 102 cm³/mol. The maximum absolute atomic E-state index is 12.8. The van der Waals surface area contributed by atoms with Crippen molar-refractivity contribution in [2.24, 2.45) is 5.92 Å². The van der Waals surface area contributed by atoms with Crippen LogP contribution in [0.15, 0.2) is 42.5 Å². The van der Waals surface area contributed by atoms with Crippen molar-refractivity contribution in [2.75, 3.05) is 19.6 Å². The molecule has 0 aliphatic carbocycles. The number of hydrogen-bond donors (Lipinski definition) is 1. The molecule has 4 nitrogen and oxygen atoms in total. The molecule has 5 rings (SSSR count). The molecule has 1 N–H and O–H groups in total. The normalized spacial score (nSPS) is 24.1. The van der Waals surface area contributed by atoms with E-state index in [9.17, 15) is 4.79 Å². The molecule has 0 aromatic heterocycles. The van der Waals surface area contributed by atoms with E-state index >= 15 is 0 Å². The Kier molecular flexibility index (Phi) is 4.48. The number of hydrogen-bond acceptors (Lipinski definition) is 3. The van der Waals surface area contributed by atoms with Gasteiger partial charge < -0.3 is 10.2 Å². The number of aryl methyl sites for hydroxylation is 1. The minimum atomic E-state index is 0.0110. The molecule has 1 amide bonds. The molecule has 2 bridgehead atoms. The quantitative estimate of drug-likeness (QED) is 0.928. The lowest BCUT2D eigenvalue weighted by molar-refractivity contribution is 0.0620. The minimum absolute atomic E-state index is 0.0110. The SMILES string of the molecule is Cc1cc(C#N)ccc1-c1cccc(C(=O)N[C@@H]2CN3CCC2CC3)c1. The maximum atomic E-state index is 12.8. The van der Waals surface area contributed by atoms with Gasteiger partial charge in [0, 0.05) is 18.2 Å². The number of rotatable bonds is 3. The first-order chi connectivity index (χ1) is 12.6. The van der Waals surface area contributed by atoms with Gasteiger partial charge in [0.05, 0.1) is 11.6 Å². The molecule has 0 saturated carbocycles. The summed E-state index contributed by atoms with van der Waals surface area (Å²) in [6.07, 6.45) is 2.38. The van der Waals surface area contributed by atoms with E-state index in [1.165, 1.54) is 25.9 Å². The molecule has 3 heterocycles. The number of amides is 1. The van der Waals surface area contributed by atoms with E-state index in [4.69, 9.17) is 5.26 Å². The average molecular weight is 345 g/mol. The van der Waals surface area contributed by atoms with Crippen LogP contribution in [0.25, 0.3) is 11.1 Å². The van der Waals surface area contributed by atoms with Crippen LogP contribution < -0.4 is 5.32 Å². The lowest BCUT2D eigenvalue weighted by Crippen LogP contribution is -2.57. The molecule has 2 aromatic rings. The molecule has 1 atom stereocenters. The third-order valence-corrected chi connectivity index (χ3v) is 5.76. The molecular formula is C22H23N3O. The molecule has 3 aliphatic heterocycles. The standard InChI is InChI=1S/C22H23N3O/c1-15-11-16(13-23)5-6-20(15)18-3-2-4-19(12-18)22(26)24-21-14-25-9-7-17(21)8-10-25/h2-6,11-12,17,21H,7-10,14H2,1H3,(H,24,26)/t21-/m1/s1. The lowest BCUT2D eigenvalue weighted by Gasteiger charge is -2.44. The van der Waals surface area contributed by atoms with Crippen LogP contribution >= 0.6 is 0 Å². The van der Waals surface area contributed by atoms with E-state index in [1.807, 2.05) is 49.4 Å². The summed E-state index contributed by atoms with van der Waals surface area (Å²) in [5.41, 5.74) is 4.46. The van der Waals surface area contributed by atoms with Gasteiger partial charge in [-0.1, -0.05) is 18.2 Å². The summed E-state index contributed by atoms with van der Waals surface area (Å²) in [4.78, 5) is 15.2. The van der Waals surface area contributed by atoms with Crippen LogP contribution in [0.5, 0.6) is 0 Å². The largest absolute Gasteiger partial charge is 0.348 e. The Morgan fingerprint density at radius 1 is 1.19 bits per heavy atom. The zero-order valence-corrected chi connectivity index (χ0v) is 15.0. The second-order valence-electron chi connectivity index (χ2n) is 7.44. The first-order valence-corrected chi connectivity index (χ1v) is 9.28. The van der Waals surface area contributed by atoms with E-state index in [2.05, 4.69) is 16.3 Å².